The third kappa shape index (κ3) is 1.96. The Bertz CT molecular complexity index is 516. The highest BCUT2D eigenvalue weighted by Gasteiger charge is 2.13. The summed E-state index contributed by atoms with van der Waals surface area (Å²) in [7, 11) is 0. The fraction of sp³-hybridized carbons (Fsp3) is 0.250. The molecule has 0 bridgehead atoms. The summed E-state index contributed by atoms with van der Waals surface area (Å²) in [5.41, 5.74) is 2.56. The van der Waals surface area contributed by atoms with Crippen molar-refractivity contribution in [3.05, 3.63) is 36.0 Å². The van der Waals surface area contributed by atoms with E-state index in [9.17, 15) is 0 Å². The minimum atomic E-state index is 0. The van der Waals surface area contributed by atoms with E-state index in [0.717, 1.165) is 19.5 Å². The Morgan fingerprint density at radius 1 is 1.31 bits per heavy atom. The fourth-order valence-corrected chi connectivity index (χ4v) is 2.10. The van der Waals surface area contributed by atoms with Gasteiger partial charge in [-0.1, -0.05) is 18.2 Å². The molecule has 0 saturated heterocycles. The highest BCUT2D eigenvalue weighted by Crippen LogP contribution is 2.17. The first kappa shape index (κ1) is 11.2. The van der Waals surface area contributed by atoms with Crippen LogP contribution >= 0.6 is 0 Å². The molecular weight excluding hydrogens is 222 g/mol. The molecule has 1 aliphatic heterocycles. The number of hydrogen-bond acceptors (Lipinski definition) is 1. The van der Waals surface area contributed by atoms with Gasteiger partial charge >= 0.3 is 0 Å². The van der Waals surface area contributed by atoms with Crippen molar-refractivity contribution in [1.82, 2.24) is 4.98 Å². The number of para-hydroxylation sites is 1. The lowest BCUT2D eigenvalue weighted by Gasteiger charge is -1.96. The number of amidine groups is 1. The first-order chi connectivity index (χ1) is 7.43. The van der Waals surface area contributed by atoms with Crippen LogP contribution in [0.5, 0.6) is 0 Å². The van der Waals surface area contributed by atoms with Gasteiger partial charge in [0.05, 0.1) is 13.0 Å². The molecule has 4 heteroatoms. The van der Waals surface area contributed by atoms with E-state index in [0.29, 0.717) is 0 Å². The number of H-pyrrole nitrogens is 1. The number of hydrogen-bond donors (Lipinski definition) is 2. The molecule has 0 atom stereocenters. The summed E-state index contributed by atoms with van der Waals surface area (Å²) in [6, 6.07) is 8.41. The number of benzene rings is 1. The minimum Gasteiger partial charge on any atom is -1.00 e. The Morgan fingerprint density at radius 2 is 2.19 bits per heavy atom. The molecule has 1 aromatic heterocycles. The van der Waals surface area contributed by atoms with Crippen molar-refractivity contribution in [1.29, 1.82) is 0 Å². The van der Waals surface area contributed by atoms with Crippen molar-refractivity contribution in [3.63, 3.8) is 0 Å². The third-order valence-corrected chi connectivity index (χ3v) is 2.87. The second-order valence-corrected chi connectivity index (χ2v) is 3.90. The third-order valence-electron chi connectivity index (χ3n) is 2.87. The van der Waals surface area contributed by atoms with E-state index < -0.39 is 0 Å². The summed E-state index contributed by atoms with van der Waals surface area (Å²) < 4.78 is 0. The van der Waals surface area contributed by atoms with Gasteiger partial charge in [-0.15, -0.1) is 0 Å². The molecule has 3 rings (SSSR count). The Kier molecular flexibility index (Phi) is 3.27. The van der Waals surface area contributed by atoms with E-state index in [1.165, 1.54) is 22.3 Å². The summed E-state index contributed by atoms with van der Waals surface area (Å²) >= 11 is 0. The van der Waals surface area contributed by atoms with E-state index in [-0.39, 0.29) is 12.4 Å². The van der Waals surface area contributed by atoms with E-state index in [4.69, 9.17) is 0 Å². The summed E-state index contributed by atoms with van der Waals surface area (Å²) in [5, 5.41) is 3.56. The van der Waals surface area contributed by atoms with Crippen LogP contribution < -0.4 is 17.7 Å². The Morgan fingerprint density at radius 3 is 3.00 bits per heavy atom. The lowest BCUT2D eigenvalue weighted by Crippen LogP contribution is -3.00. The predicted octanol–water partition coefficient (Wildman–Crippen LogP) is -2.31. The van der Waals surface area contributed by atoms with Crippen molar-refractivity contribution in [2.75, 3.05) is 13.1 Å². The number of quaternary nitrogens is 1. The van der Waals surface area contributed by atoms with Crippen molar-refractivity contribution < 1.29 is 17.7 Å². The number of nitrogens with one attached hydrogen (secondary N) is 1. The first-order valence-electron chi connectivity index (χ1n) is 5.35. The molecule has 3 N–H and O–H groups in total. The molecule has 0 unspecified atom stereocenters. The molecule has 84 valence electrons. The highest BCUT2D eigenvalue weighted by atomic mass is 35.5. The molecular formula is C12H14ClN3. The number of fused-ring (bicyclic) bond motifs is 1. The molecule has 0 amide bonds. The van der Waals surface area contributed by atoms with Gasteiger partial charge in [-0.05, 0) is 11.6 Å². The lowest BCUT2D eigenvalue weighted by molar-refractivity contribution is -0.529. The van der Waals surface area contributed by atoms with Gasteiger partial charge in [0.1, 0.15) is 6.54 Å². The van der Waals surface area contributed by atoms with Crippen molar-refractivity contribution >= 4 is 16.7 Å². The van der Waals surface area contributed by atoms with E-state index in [1.54, 1.807) is 0 Å². The van der Waals surface area contributed by atoms with Gasteiger partial charge in [0, 0.05) is 17.1 Å². The van der Waals surface area contributed by atoms with Crippen LogP contribution in [0.1, 0.15) is 5.56 Å². The van der Waals surface area contributed by atoms with Gasteiger partial charge < -0.3 is 17.4 Å². The van der Waals surface area contributed by atoms with E-state index in [1.807, 2.05) is 0 Å². The van der Waals surface area contributed by atoms with Gasteiger partial charge in [0.25, 0.3) is 0 Å². The maximum atomic E-state index is 4.46. The number of aromatic nitrogens is 1. The molecule has 0 spiro atoms. The van der Waals surface area contributed by atoms with Crippen LogP contribution in [0, 0.1) is 0 Å². The van der Waals surface area contributed by atoms with Crippen LogP contribution in [-0.4, -0.2) is 23.9 Å². The largest absolute Gasteiger partial charge is 1.00 e. The van der Waals surface area contributed by atoms with Crippen LogP contribution in [0.25, 0.3) is 10.9 Å². The molecule has 0 radical (unpaired) electrons. The molecule has 2 aromatic rings. The summed E-state index contributed by atoms with van der Waals surface area (Å²) in [6.07, 6.45) is 3.06. The van der Waals surface area contributed by atoms with Gasteiger partial charge in [0.15, 0.2) is 5.84 Å². The van der Waals surface area contributed by atoms with Crippen LogP contribution in [0.3, 0.4) is 0 Å². The van der Waals surface area contributed by atoms with Gasteiger partial charge in [-0.25, -0.2) is 4.99 Å². The molecule has 1 aromatic carbocycles. The molecule has 2 heterocycles. The lowest BCUT2D eigenvalue weighted by atomic mass is 10.1. The highest BCUT2D eigenvalue weighted by molar-refractivity contribution is 5.88. The zero-order valence-corrected chi connectivity index (χ0v) is 9.67. The second-order valence-electron chi connectivity index (χ2n) is 3.90. The van der Waals surface area contributed by atoms with Crippen molar-refractivity contribution in [2.24, 2.45) is 4.99 Å². The smallest absolute Gasteiger partial charge is 0.199 e. The quantitative estimate of drug-likeness (QED) is 0.588. The minimum absolute atomic E-state index is 0. The number of nitrogens with zero attached hydrogens (tertiary/aromatic N) is 1. The monoisotopic (exact) mass is 235 g/mol. The maximum Gasteiger partial charge on any atom is 0.199 e. The Labute approximate surface area is 100 Å². The number of rotatable bonds is 2. The first-order valence-corrected chi connectivity index (χ1v) is 5.35. The topological polar surface area (TPSA) is 44.8 Å². The molecule has 0 saturated carbocycles. The number of aliphatic imine (C=N–C) groups is 1. The second kappa shape index (κ2) is 4.68. The normalized spacial score (nSPS) is 14.9. The molecule has 3 nitrogen and oxygen atoms in total. The Hall–Kier alpha value is -1.32. The average molecular weight is 236 g/mol. The summed E-state index contributed by atoms with van der Waals surface area (Å²) in [6.45, 7) is 2.08. The molecule has 0 aliphatic carbocycles. The van der Waals surface area contributed by atoms with E-state index in [2.05, 4.69) is 45.8 Å². The van der Waals surface area contributed by atoms with Gasteiger partial charge in [0.2, 0.25) is 0 Å². The standard InChI is InChI=1S/C12H13N3.ClH/c1-2-4-11-10(3-1)9(8-15-11)7-12-13-5-6-14-12;/h1-4,8,15H,5-7H2,(H,13,14);1H. The van der Waals surface area contributed by atoms with E-state index >= 15 is 0 Å². The number of halogens is 1. The summed E-state index contributed by atoms with van der Waals surface area (Å²) in [5.74, 6) is 1.24. The van der Waals surface area contributed by atoms with Crippen LogP contribution in [-0.2, 0) is 6.42 Å². The SMILES string of the molecule is [Cl-].c1ccc2c(CC3=NCC[NH2+]3)c[nH]c2c1. The molecule has 0 fully saturated rings. The average Bonchev–Trinajstić information content (AvgIpc) is 2.89. The van der Waals surface area contributed by atoms with Gasteiger partial charge in [-0.2, -0.15) is 0 Å². The number of aromatic amines is 1. The zero-order chi connectivity index (χ0) is 10.1. The molecule has 16 heavy (non-hydrogen) atoms. The molecule has 1 aliphatic rings. The predicted molar refractivity (Wildman–Crippen MR) is 61.1 cm³/mol. The fourth-order valence-electron chi connectivity index (χ4n) is 2.10. The number of nitrogens with two attached hydrogens (primary N) is 1. The van der Waals surface area contributed by atoms with Crippen LogP contribution in [0.2, 0.25) is 0 Å². The van der Waals surface area contributed by atoms with Gasteiger partial charge in [-0.3, -0.25) is 5.32 Å². The van der Waals surface area contributed by atoms with Crippen molar-refractivity contribution in [2.45, 2.75) is 6.42 Å². The summed E-state index contributed by atoms with van der Waals surface area (Å²) in [4.78, 5) is 7.76. The van der Waals surface area contributed by atoms with Crippen LogP contribution in [0.15, 0.2) is 35.5 Å². The van der Waals surface area contributed by atoms with Crippen LogP contribution in [0.4, 0.5) is 0 Å². The van der Waals surface area contributed by atoms with Crippen molar-refractivity contribution in [3.8, 4) is 0 Å². The maximum absolute atomic E-state index is 4.46. The Balaban J connectivity index is 0.000000963. The zero-order valence-electron chi connectivity index (χ0n) is 8.91.